The van der Waals surface area contributed by atoms with E-state index in [0.717, 1.165) is 28.5 Å². The summed E-state index contributed by atoms with van der Waals surface area (Å²) >= 11 is 5.85. The number of nitrogens with zero attached hydrogens (tertiary/aromatic N) is 3. The lowest BCUT2D eigenvalue weighted by Gasteiger charge is -2.10. The average molecular weight is 392 g/mol. The van der Waals surface area contributed by atoms with E-state index in [1.165, 1.54) is 12.3 Å². The van der Waals surface area contributed by atoms with Gasteiger partial charge in [-0.1, -0.05) is 23.7 Å². The lowest BCUT2D eigenvalue weighted by molar-refractivity contribution is -0.398. The van der Waals surface area contributed by atoms with E-state index in [0.29, 0.717) is 5.69 Å². The number of H-pyrrole nitrogens is 1. The Morgan fingerprint density at radius 3 is 2.57 bits per heavy atom. The quantitative estimate of drug-likeness (QED) is 0.311. The molecule has 0 saturated heterocycles. The Morgan fingerprint density at radius 1 is 1.11 bits per heavy atom. The number of benzene rings is 3. The predicted molar refractivity (Wildman–Crippen MR) is 106 cm³/mol. The van der Waals surface area contributed by atoms with E-state index in [4.69, 9.17) is 11.6 Å². The number of nitro groups is 1. The standard InChI is InChI=1S/C20H13ClN4O3/c21-14-9-13(19(26)18(10-14)25(27)28)11-22-15-7-5-12(6-8-15)20-23-16-3-1-2-4-17(16)24-20/h1-11,26H,(H,23,24)/p-1. The van der Waals surface area contributed by atoms with Crippen LogP contribution in [0.4, 0.5) is 11.4 Å². The maximum absolute atomic E-state index is 12.1. The maximum atomic E-state index is 12.1. The molecule has 0 aliphatic carbocycles. The fraction of sp³-hybridized carbons (Fsp3) is 0. The highest BCUT2D eigenvalue weighted by Crippen LogP contribution is 2.30. The molecule has 3 aromatic carbocycles. The first-order chi connectivity index (χ1) is 13.5. The summed E-state index contributed by atoms with van der Waals surface area (Å²) in [6.45, 7) is 0. The molecule has 4 rings (SSSR count). The van der Waals surface area contributed by atoms with Crippen molar-refractivity contribution >= 4 is 40.2 Å². The summed E-state index contributed by atoms with van der Waals surface area (Å²) in [7, 11) is 0. The van der Waals surface area contributed by atoms with Gasteiger partial charge >= 0.3 is 0 Å². The zero-order valence-electron chi connectivity index (χ0n) is 14.3. The van der Waals surface area contributed by atoms with Gasteiger partial charge in [-0.15, -0.1) is 0 Å². The van der Waals surface area contributed by atoms with Gasteiger partial charge in [0.15, 0.2) is 0 Å². The number of hydrogen-bond acceptors (Lipinski definition) is 5. The number of aromatic amines is 1. The first-order valence-corrected chi connectivity index (χ1v) is 8.63. The summed E-state index contributed by atoms with van der Waals surface area (Å²) in [6.07, 6.45) is 1.28. The van der Waals surface area contributed by atoms with Crippen LogP contribution in [0.1, 0.15) is 5.56 Å². The van der Waals surface area contributed by atoms with Gasteiger partial charge in [0, 0.05) is 22.9 Å². The van der Waals surface area contributed by atoms with Crippen LogP contribution in [0.15, 0.2) is 65.7 Å². The van der Waals surface area contributed by atoms with Crippen molar-refractivity contribution in [1.29, 1.82) is 0 Å². The molecule has 0 saturated carbocycles. The highest BCUT2D eigenvalue weighted by Gasteiger charge is 2.11. The smallest absolute Gasteiger partial charge is 0.263 e. The van der Waals surface area contributed by atoms with E-state index in [9.17, 15) is 15.2 Å². The third-order valence-corrected chi connectivity index (χ3v) is 4.36. The molecule has 0 radical (unpaired) electrons. The third kappa shape index (κ3) is 3.43. The van der Waals surface area contributed by atoms with Crippen LogP contribution in [-0.4, -0.2) is 21.1 Å². The van der Waals surface area contributed by atoms with E-state index >= 15 is 0 Å². The number of hydrogen-bond donors (Lipinski definition) is 1. The Labute approximate surface area is 164 Å². The molecule has 7 nitrogen and oxygen atoms in total. The molecule has 8 heteroatoms. The summed E-state index contributed by atoms with van der Waals surface area (Å²) in [6, 6.07) is 17.4. The highest BCUT2D eigenvalue weighted by atomic mass is 35.5. The van der Waals surface area contributed by atoms with Gasteiger partial charge in [-0.2, -0.15) is 0 Å². The SMILES string of the molecule is O=[N+]([O-])c1cc(Cl)cc(C=Nc2ccc(-c3nc4ccccc4[nH]3)cc2)c1[O-]. The summed E-state index contributed by atoms with van der Waals surface area (Å²) in [4.78, 5) is 22.2. The molecule has 0 atom stereocenters. The summed E-state index contributed by atoms with van der Waals surface area (Å²) in [5.74, 6) is 0.0149. The van der Waals surface area contributed by atoms with Gasteiger partial charge in [0.1, 0.15) is 5.82 Å². The number of nitro benzene ring substituents is 1. The summed E-state index contributed by atoms with van der Waals surface area (Å²) in [5, 5.41) is 23.1. The van der Waals surface area contributed by atoms with Gasteiger partial charge < -0.3 is 10.1 Å². The van der Waals surface area contributed by atoms with E-state index in [2.05, 4.69) is 15.0 Å². The second-order valence-corrected chi connectivity index (χ2v) is 6.44. The van der Waals surface area contributed by atoms with Crippen molar-refractivity contribution in [3.05, 3.63) is 81.4 Å². The minimum atomic E-state index is -0.756. The van der Waals surface area contributed by atoms with Crippen molar-refractivity contribution in [2.24, 2.45) is 4.99 Å². The van der Waals surface area contributed by atoms with E-state index in [1.54, 1.807) is 12.1 Å². The first-order valence-electron chi connectivity index (χ1n) is 8.25. The van der Waals surface area contributed by atoms with Crippen molar-refractivity contribution in [2.45, 2.75) is 0 Å². The third-order valence-electron chi connectivity index (χ3n) is 4.14. The molecule has 138 valence electrons. The van der Waals surface area contributed by atoms with Gasteiger partial charge in [0.2, 0.25) is 0 Å². The average Bonchev–Trinajstić information content (AvgIpc) is 3.13. The topological polar surface area (TPSA) is 107 Å². The number of nitrogens with one attached hydrogen (secondary N) is 1. The molecule has 0 bridgehead atoms. The van der Waals surface area contributed by atoms with Crippen molar-refractivity contribution in [3.8, 4) is 17.1 Å². The van der Waals surface area contributed by atoms with Crippen molar-refractivity contribution < 1.29 is 10.0 Å². The Morgan fingerprint density at radius 2 is 1.86 bits per heavy atom. The molecule has 0 spiro atoms. The number of aliphatic imine (C=N–C) groups is 1. The maximum Gasteiger partial charge on any atom is 0.263 e. The lowest BCUT2D eigenvalue weighted by atomic mass is 10.1. The largest absolute Gasteiger partial charge is 0.867 e. The monoisotopic (exact) mass is 391 g/mol. The zero-order valence-corrected chi connectivity index (χ0v) is 15.1. The van der Waals surface area contributed by atoms with Crippen LogP contribution in [0.25, 0.3) is 22.4 Å². The first kappa shape index (κ1) is 17.7. The van der Waals surface area contributed by atoms with Crippen LogP contribution in [-0.2, 0) is 0 Å². The molecule has 1 heterocycles. The Balaban J connectivity index is 1.60. The van der Waals surface area contributed by atoms with Crippen molar-refractivity contribution in [2.75, 3.05) is 0 Å². The van der Waals surface area contributed by atoms with Crippen LogP contribution in [0.5, 0.6) is 5.75 Å². The zero-order chi connectivity index (χ0) is 19.7. The normalized spacial score (nSPS) is 11.3. The van der Waals surface area contributed by atoms with Crippen LogP contribution < -0.4 is 5.11 Å². The van der Waals surface area contributed by atoms with E-state index < -0.39 is 16.4 Å². The van der Waals surface area contributed by atoms with Gasteiger partial charge in [0.05, 0.1) is 21.6 Å². The molecule has 4 aromatic rings. The molecule has 1 aromatic heterocycles. The second-order valence-electron chi connectivity index (χ2n) is 6.01. The van der Waals surface area contributed by atoms with Crippen molar-refractivity contribution in [1.82, 2.24) is 9.97 Å². The van der Waals surface area contributed by atoms with Crippen molar-refractivity contribution in [3.63, 3.8) is 0 Å². The van der Waals surface area contributed by atoms with Crippen LogP contribution in [0, 0.1) is 10.1 Å². The minimum Gasteiger partial charge on any atom is -0.867 e. The van der Waals surface area contributed by atoms with Gasteiger partial charge in [0.25, 0.3) is 5.69 Å². The molecule has 0 aliphatic rings. The lowest BCUT2D eigenvalue weighted by Crippen LogP contribution is -2.02. The van der Waals surface area contributed by atoms with Crippen LogP contribution in [0.3, 0.4) is 0 Å². The minimum absolute atomic E-state index is 0.0561. The van der Waals surface area contributed by atoms with Crippen LogP contribution >= 0.6 is 11.6 Å². The Bertz CT molecular complexity index is 1180. The molecule has 0 unspecified atom stereocenters. The number of para-hydroxylation sites is 2. The number of imidazole rings is 1. The number of rotatable bonds is 4. The molecule has 0 aliphatic heterocycles. The molecule has 28 heavy (non-hydrogen) atoms. The Kier molecular flexibility index (Phi) is 4.50. The predicted octanol–water partition coefficient (Wildman–Crippen LogP) is 4.62. The van der Waals surface area contributed by atoms with E-state index in [-0.39, 0.29) is 10.6 Å². The second kappa shape index (κ2) is 7.13. The summed E-state index contributed by atoms with van der Waals surface area (Å²) < 4.78 is 0. The van der Waals surface area contributed by atoms with Crippen LogP contribution in [0.2, 0.25) is 5.02 Å². The summed E-state index contributed by atoms with van der Waals surface area (Å²) in [5.41, 5.74) is 2.78. The fourth-order valence-electron chi connectivity index (χ4n) is 2.77. The van der Waals surface area contributed by atoms with Gasteiger partial charge in [-0.05, 0) is 53.8 Å². The van der Waals surface area contributed by atoms with E-state index in [1.807, 2.05) is 36.4 Å². The van der Waals surface area contributed by atoms with Gasteiger partial charge in [-0.3, -0.25) is 15.1 Å². The highest BCUT2D eigenvalue weighted by molar-refractivity contribution is 6.31. The molecule has 0 fully saturated rings. The molecular weight excluding hydrogens is 380 g/mol. The van der Waals surface area contributed by atoms with Gasteiger partial charge in [-0.25, -0.2) is 4.98 Å². The fourth-order valence-corrected chi connectivity index (χ4v) is 2.99. The molecular formula is C20H12ClN4O3-. The Hall–Kier alpha value is -3.71. The number of halogens is 1. The molecule has 0 amide bonds. The molecule has 1 N–H and O–H groups in total. The number of aromatic nitrogens is 2. The number of fused-ring (bicyclic) bond motifs is 1.